The zero-order valence-corrected chi connectivity index (χ0v) is 15.4. The molecule has 1 aliphatic rings. The van der Waals surface area contributed by atoms with Gasteiger partial charge in [-0.05, 0) is 23.8 Å². The van der Waals surface area contributed by atoms with E-state index in [0.717, 1.165) is 30.0 Å². The molecule has 142 valence electrons. The molecule has 0 spiro atoms. The maximum absolute atomic E-state index is 8.50. The summed E-state index contributed by atoms with van der Waals surface area (Å²) in [5, 5.41) is 12.7. The molecule has 0 aliphatic carbocycles. The fourth-order valence-corrected chi connectivity index (χ4v) is 3.00. The number of ether oxygens (including phenoxy) is 1. The van der Waals surface area contributed by atoms with Gasteiger partial charge in [0.2, 0.25) is 0 Å². The van der Waals surface area contributed by atoms with Crippen LogP contribution in [0.25, 0.3) is 11.1 Å². The van der Waals surface area contributed by atoms with E-state index in [4.69, 9.17) is 21.6 Å². The zero-order chi connectivity index (χ0) is 19.2. The van der Waals surface area contributed by atoms with E-state index in [1.807, 2.05) is 37.5 Å². The number of hydrogen-bond donors (Lipinski definition) is 3. The van der Waals surface area contributed by atoms with Crippen LogP contribution < -0.4 is 11.5 Å². The highest BCUT2D eigenvalue weighted by molar-refractivity contribution is 6.04. The molecule has 0 saturated carbocycles. The first-order chi connectivity index (χ1) is 13.1. The summed E-state index contributed by atoms with van der Waals surface area (Å²) in [5.41, 5.74) is 15.3. The van der Waals surface area contributed by atoms with Crippen molar-refractivity contribution in [2.75, 3.05) is 32.0 Å². The van der Waals surface area contributed by atoms with E-state index in [-0.39, 0.29) is 0 Å². The fraction of sp³-hybridized carbons (Fsp3) is 0.316. The Morgan fingerprint density at radius 3 is 2.78 bits per heavy atom. The van der Waals surface area contributed by atoms with Crippen molar-refractivity contribution in [1.82, 2.24) is 14.7 Å². The van der Waals surface area contributed by atoms with E-state index in [1.165, 1.54) is 6.34 Å². The van der Waals surface area contributed by atoms with Crippen LogP contribution in [0.2, 0.25) is 0 Å². The van der Waals surface area contributed by atoms with Crippen LogP contribution in [0.5, 0.6) is 0 Å². The first kappa shape index (κ1) is 18.7. The van der Waals surface area contributed by atoms with Crippen molar-refractivity contribution in [2.45, 2.75) is 6.42 Å². The van der Waals surface area contributed by atoms with Gasteiger partial charge >= 0.3 is 0 Å². The third kappa shape index (κ3) is 4.53. The number of rotatable bonds is 6. The van der Waals surface area contributed by atoms with Crippen molar-refractivity contribution in [3.63, 3.8) is 0 Å². The lowest BCUT2D eigenvalue weighted by molar-refractivity contribution is 0.0531. The van der Waals surface area contributed by atoms with Gasteiger partial charge in [-0.25, -0.2) is 4.99 Å². The SMILES string of the molecule is Cn1cc(-c2ccc(N)c(C(=N)C/C=C(\N=C/N)N3CCOCC3)c2)cn1. The number of nitrogen functional groups attached to an aromatic ring is 1. The number of aliphatic imine (C=N–C) groups is 1. The maximum Gasteiger partial charge on any atom is 0.126 e. The summed E-state index contributed by atoms with van der Waals surface area (Å²) >= 11 is 0. The highest BCUT2D eigenvalue weighted by Crippen LogP contribution is 2.24. The van der Waals surface area contributed by atoms with Crippen molar-refractivity contribution >= 4 is 17.7 Å². The van der Waals surface area contributed by atoms with E-state index in [0.29, 0.717) is 36.6 Å². The number of benzene rings is 1. The quantitative estimate of drug-likeness (QED) is 0.407. The van der Waals surface area contributed by atoms with Crippen LogP contribution in [-0.2, 0) is 11.8 Å². The minimum Gasteiger partial charge on any atom is -0.398 e. The number of aromatic nitrogens is 2. The van der Waals surface area contributed by atoms with Gasteiger partial charge in [-0.1, -0.05) is 6.07 Å². The molecule has 1 aromatic heterocycles. The van der Waals surface area contributed by atoms with E-state index in [2.05, 4.69) is 15.0 Å². The lowest BCUT2D eigenvalue weighted by Gasteiger charge is -2.28. The van der Waals surface area contributed by atoms with Gasteiger partial charge in [-0.2, -0.15) is 5.10 Å². The van der Waals surface area contributed by atoms with E-state index >= 15 is 0 Å². The van der Waals surface area contributed by atoms with Crippen LogP contribution in [0.3, 0.4) is 0 Å². The molecule has 1 aliphatic heterocycles. The van der Waals surface area contributed by atoms with Gasteiger partial charge in [0.25, 0.3) is 0 Å². The molecule has 0 amide bonds. The number of nitrogens with one attached hydrogen (secondary N) is 1. The molecule has 8 heteroatoms. The topological polar surface area (TPSA) is 119 Å². The fourth-order valence-electron chi connectivity index (χ4n) is 3.00. The molecule has 8 nitrogen and oxygen atoms in total. The lowest BCUT2D eigenvalue weighted by atomic mass is 9.99. The van der Waals surface area contributed by atoms with E-state index in [1.54, 1.807) is 10.9 Å². The second kappa shape index (κ2) is 8.50. The molecule has 2 heterocycles. The summed E-state index contributed by atoms with van der Waals surface area (Å²) in [6.45, 7) is 2.84. The summed E-state index contributed by atoms with van der Waals surface area (Å²) in [6, 6.07) is 5.71. The highest BCUT2D eigenvalue weighted by atomic mass is 16.5. The van der Waals surface area contributed by atoms with E-state index < -0.39 is 0 Å². The monoisotopic (exact) mass is 367 g/mol. The number of nitrogens with two attached hydrogens (primary N) is 2. The summed E-state index contributed by atoms with van der Waals surface area (Å²) in [4.78, 5) is 6.36. The molecular weight excluding hydrogens is 342 g/mol. The molecule has 0 radical (unpaired) electrons. The Balaban J connectivity index is 1.80. The van der Waals surface area contributed by atoms with Crippen molar-refractivity contribution in [3.05, 3.63) is 48.1 Å². The van der Waals surface area contributed by atoms with Crippen molar-refractivity contribution in [1.29, 1.82) is 5.41 Å². The number of aryl methyl sites for hydroxylation is 1. The number of hydrogen-bond acceptors (Lipinski definition) is 6. The van der Waals surface area contributed by atoms with Gasteiger partial charge in [0, 0.05) is 55.3 Å². The molecule has 0 atom stereocenters. The minimum atomic E-state index is 0.407. The Morgan fingerprint density at radius 2 is 2.11 bits per heavy atom. The molecular formula is C19H25N7O. The third-order valence-corrected chi connectivity index (χ3v) is 4.45. The lowest BCUT2D eigenvalue weighted by Crippen LogP contribution is -2.35. The molecule has 1 aromatic carbocycles. The van der Waals surface area contributed by atoms with Crippen LogP contribution in [0.1, 0.15) is 12.0 Å². The van der Waals surface area contributed by atoms with Gasteiger partial charge in [0.1, 0.15) is 5.82 Å². The number of morpholine rings is 1. The summed E-state index contributed by atoms with van der Waals surface area (Å²) in [7, 11) is 1.87. The molecule has 1 fully saturated rings. The first-order valence-corrected chi connectivity index (χ1v) is 8.82. The molecule has 0 bridgehead atoms. The molecule has 27 heavy (non-hydrogen) atoms. The van der Waals surface area contributed by atoms with Gasteiger partial charge in [0.05, 0.1) is 25.7 Å². The largest absolute Gasteiger partial charge is 0.398 e. The van der Waals surface area contributed by atoms with Crippen molar-refractivity contribution in [3.8, 4) is 11.1 Å². The Hall–Kier alpha value is -3.13. The molecule has 1 saturated heterocycles. The van der Waals surface area contributed by atoms with Crippen molar-refractivity contribution in [2.24, 2.45) is 17.8 Å². The summed E-state index contributed by atoms with van der Waals surface area (Å²) in [5.74, 6) is 0.757. The van der Waals surface area contributed by atoms with Gasteiger partial charge in [-0.15, -0.1) is 0 Å². The van der Waals surface area contributed by atoms with Gasteiger partial charge < -0.3 is 26.5 Å². The average Bonchev–Trinajstić information content (AvgIpc) is 3.12. The highest BCUT2D eigenvalue weighted by Gasteiger charge is 2.14. The molecule has 5 N–H and O–H groups in total. The van der Waals surface area contributed by atoms with Crippen LogP contribution in [0.4, 0.5) is 5.69 Å². The van der Waals surface area contributed by atoms with Crippen LogP contribution >= 0.6 is 0 Å². The third-order valence-electron chi connectivity index (χ3n) is 4.45. The Bertz CT molecular complexity index is 863. The maximum atomic E-state index is 8.50. The Labute approximate surface area is 158 Å². The molecule has 3 rings (SSSR count). The minimum absolute atomic E-state index is 0.407. The molecule has 0 unspecified atom stereocenters. The second-order valence-corrected chi connectivity index (χ2v) is 6.33. The number of allylic oxidation sites excluding steroid dienone is 1. The van der Waals surface area contributed by atoms with Crippen LogP contribution in [0, 0.1) is 5.41 Å². The normalized spacial score (nSPS) is 15.4. The predicted octanol–water partition coefficient (Wildman–Crippen LogP) is 1.59. The summed E-state index contributed by atoms with van der Waals surface area (Å²) in [6.07, 6.45) is 7.33. The predicted molar refractivity (Wildman–Crippen MR) is 108 cm³/mol. The van der Waals surface area contributed by atoms with Gasteiger partial charge in [0.15, 0.2) is 0 Å². The Morgan fingerprint density at radius 1 is 1.33 bits per heavy atom. The van der Waals surface area contributed by atoms with Crippen LogP contribution in [0.15, 0.2) is 47.5 Å². The number of anilines is 1. The van der Waals surface area contributed by atoms with Crippen LogP contribution in [-0.4, -0.2) is 53.0 Å². The van der Waals surface area contributed by atoms with Crippen molar-refractivity contribution < 1.29 is 4.74 Å². The number of nitrogens with zero attached hydrogens (tertiary/aromatic N) is 4. The average molecular weight is 367 g/mol. The summed E-state index contributed by atoms with van der Waals surface area (Å²) < 4.78 is 7.13. The standard InChI is InChI=1S/C19H25N7O/c1-25-12-15(11-24-25)14-2-3-17(21)16(10-14)18(22)4-5-19(23-13-20)26-6-8-27-9-7-26/h2-3,5,10-13,22H,4,6-9,21H2,1H3,(H2,20,23)/b19-5+,22-18?. The Kier molecular flexibility index (Phi) is 5.87. The smallest absolute Gasteiger partial charge is 0.126 e. The second-order valence-electron chi connectivity index (χ2n) is 6.33. The zero-order valence-electron chi connectivity index (χ0n) is 15.4. The first-order valence-electron chi connectivity index (χ1n) is 8.82. The van der Waals surface area contributed by atoms with E-state index in [9.17, 15) is 0 Å². The molecule has 2 aromatic rings. The van der Waals surface area contributed by atoms with Gasteiger partial charge in [-0.3, -0.25) is 4.68 Å².